The molecule has 0 bridgehead atoms. The largest absolute Gasteiger partial charge is 0.339 e. The second kappa shape index (κ2) is 8.11. The summed E-state index contributed by atoms with van der Waals surface area (Å²) >= 11 is 5.78. The summed E-state index contributed by atoms with van der Waals surface area (Å²) in [6.07, 6.45) is 9.96. The van der Waals surface area contributed by atoms with Gasteiger partial charge in [0.25, 0.3) is 5.69 Å². The van der Waals surface area contributed by atoms with Crippen molar-refractivity contribution in [1.82, 2.24) is 4.90 Å². The topological polar surface area (TPSA) is 63.5 Å². The predicted molar refractivity (Wildman–Crippen MR) is 91.4 cm³/mol. The van der Waals surface area contributed by atoms with E-state index in [0.29, 0.717) is 5.56 Å². The minimum absolute atomic E-state index is 0.0745. The zero-order chi connectivity index (χ0) is 16.8. The Morgan fingerprint density at radius 3 is 2.57 bits per heavy atom. The van der Waals surface area contributed by atoms with E-state index in [0.717, 1.165) is 25.7 Å². The first-order valence-electron chi connectivity index (χ1n) is 7.88. The van der Waals surface area contributed by atoms with Crippen molar-refractivity contribution in [3.63, 3.8) is 0 Å². The van der Waals surface area contributed by atoms with Gasteiger partial charge in [-0.1, -0.05) is 43.4 Å². The molecule has 6 heteroatoms. The summed E-state index contributed by atoms with van der Waals surface area (Å²) in [7, 11) is 1.83. The average molecular weight is 337 g/mol. The van der Waals surface area contributed by atoms with Crippen molar-refractivity contribution in [2.75, 3.05) is 7.05 Å². The maximum absolute atomic E-state index is 12.3. The van der Waals surface area contributed by atoms with Crippen LogP contribution in [0.15, 0.2) is 24.3 Å². The molecule has 0 radical (unpaired) electrons. The number of likely N-dealkylation sites (N-methyl/N-ethyl adjacent to an activating group) is 1. The van der Waals surface area contributed by atoms with Crippen LogP contribution in [0.25, 0.3) is 6.08 Å². The van der Waals surface area contributed by atoms with Gasteiger partial charge >= 0.3 is 0 Å². The molecular weight excluding hydrogens is 316 g/mol. The first-order valence-corrected chi connectivity index (χ1v) is 8.25. The first kappa shape index (κ1) is 17.5. The van der Waals surface area contributed by atoms with Gasteiger partial charge in [0.1, 0.15) is 5.02 Å². The number of carbonyl (C=O) groups excluding carboxylic acids is 1. The SMILES string of the molecule is CN(C(=O)/C=C/c1ccc(Cl)c([N+](=O)[O-])c1)C1CCCCCC1. The Morgan fingerprint density at radius 2 is 1.96 bits per heavy atom. The van der Waals surface area contributed by atoms with Crippen LogP contribution >= 0.6 is 11.6 Å². The third-order valence-corrected chi connectivity index (χ3v) is 4.62. The summed E-state index contributed by atoms with van der Waals surface area (Å²) in [4.78, 5) is 24.4. The Balaban J connectivity index is 2.05. The van der Waals surface area contributed by atoms with Crippen LogP contribution in [-0.2, 0) is 4.79 Å². The number of amides is 1. The number of hydrogen-bond acceptors (Lipinski definition) is 3. The summed E-state index contributed by atoms with van der Waals surface area (Å²) < 4.78 is 0. The monoisotopic (exact) mass is 336 g/mol. The Morgan fingerprint density at radius 1 is 1.30 bits per heavy atom. The molecule has 1 aromatic rings. The van der Waals surface area contributed by atoms with Gasteiger partial charge in [0.15, 0.2) is 0 Å². The molecule has 0 aromatic heterocycles. The zero-order valence-electron chi connectivity index (χ0n) is 13.2. The summed E-state index contributed by atoms with van der Waals surface area (Å²) in [5.41, 5.74) is 0.433. The van der Waals surface area contributed by atoms with E-state index in [1.165, 1.54) is 31.1 Å². The van der Waals surface area contributed by atoms with E-state index < -0.39 is 4.92 Å². The molecule has 0 N–H and O–H groups in total. The van der Waals surface area contributed by atoms with E-state index in [4.69, 9.17) is 11.6 Å². The first-order chi connectivity index (χ1) is 11.0. The van der Waals surface area contributed by atoms with Crippen molar-refractivity contribution in [1.29, 1.82) is 0 Å². The fraction of sp³-hybridized carbons (Fsp3) is 0.471. The average Bonchev–Trinajstić information content (AvgIpc) is 2.82. The van der Waals surface area contributed by atoms with Crippen molar-refractivity contribution in [3.05, 3.63) is 45.0 Å². The van der Waals surface area contributed by atoms with Crippen LogP contribution in [0.1, 0.15) is 44.1 Å². The van der Waals surface area contributed by atoms with E-state index in [2.05, 4.69) is 0 Å². The molecule has 1 saturated carbocycles. The highest BCUT2D eigenvalue weighted by Gasteiger charge is 2.19. The maximum Gasteiger partial charge on any atom is 0.288 e. The third kappa shape index (κ3) is 4.79. The van der Waals surface area contributed by atoms with E-state index in [-0.39, 0.29) is 22.7 Å². The zero-order valence-corrected chi connectivity index (χ0v) is 14.0. The molecule has 0 spiro atoms. The van der Waals surface area contributed by atoms with Crippen LogP contribution < -0.4 is 0 Å². The second-order valence-electron chi connectivity index (χ2n) is 5.90. The van der Waals surface area contributed by atoms with Crippen molar-refractivity contribution in [3.8, 4) is 0 Å². The van der Waals surface area contributed by atoms with Gasteiger partial charge in [-0.05, 0) is 30.5 Å². The van der Waals surface area contributed by atoms with Crippen molar-refractivity contribution in [2.24, 2.45) is 0 Å². The number of hydrogen-bond donors (Lipinski definition) is 0. The molecule has 1 fully saturated rings. The summed E-state index contributed by atoms with van der Waals surface area (Å²) in [5.74, 6) is -0.0745. The molecule has 23 heavy (non-hydrogen) atoms. The number of nitrogens with zero attached hydrogens (tertiary/aromatic N) is 2. The number of carbonyl (C=O) groups is 1. The minimum atomic E-state index is -0.529. The van der Waals surface area contributed by atoms with Crippen molar-refractivity contribution >= 4 is 29.3 Å². The minimum Gasteiger partial charge on any atom is -0.339 e. The van der Waals surface area contributed by atoms with Crippen LogP contribution in [0.4, 0.5) is 5.69 Å². The molecule has 0 unspecified atom stereocenters. The molecule has 1 aliphatic rings. The summed E-state index contributed by atoms with van der Waals surface area (Å²) in [5, 5.41) is 11.0. The van der Waals surface area contributed by atoms with Gasteiger partial charge < -0.3 is 4.90 Å². The van der Waals surface area contributed by atoms with Crippen LogP contribution in [-0.4, -0.2) is 28.8 Å². The smallest absolute Gasteiger partial charge is 0.288 e. The Hall–Kier alpha value is -1.88. The molecule has 0 saturated heterocycles. The lowest BCUT2D eigenvalue weighted by molar-refractivity contribution is -0.384. The quantitative estimate of drug-likeness (QED) is 0.353. The lowest BCUT2D eigenvalue weighted by Gasteiger charge is -2.26. The summed E-state index contributed by atoms with van der Waals surface area (Å²) in [6, 6.07) is 4.79. The standard InChI is InChI=1S/C17H21ClN2O3/c1-19(14-6-4-2-3-5-7-14)17(21)11-9-13-8-10-15(18)16(12-13)20(22)23/h8-12,14H,2-7H2,1H3/b11-9+. The van der Waals surface area contributed by atoms with Gasteiger partial charge in [0, 0.05) is 25.2 Å². The molecule has 0 aliphatic heterocycles. The van der Waals surface area contributed by atoms with Crippen LogP contribution in [0.3, 0.4) is 0 Å². The fourth-order valence-corrected chi connectivity index (χ4v) is 3.07. The molecule has 0 atom stereocenters. The molecule has 5 nitrogen and oxygen atoms in total. The van der Waals surface area contributed by atoms with E-state index in [1.54, 1.807) is 17.0 Å². The van der Waals surface area contributed by atoms with Gasteiger partial charge in [-0.2, -0.15) is 0 Å². The molecule has 1 amide bonds. The molecule has 1 aliphatic carbocycles. The van der Waals surface area contributed by atoms with Gasteiger partial charge in [-0.3, -0.25) is 14.9 Å². The molecule has 0 heterocycles. The number of nitro groups is 1. The van der Waals surface area contributed by atoms with Crippen molar-refractivity contribution in [2.45, 2.75) is 44.6 Å². The van der Waals surface area contributed by atoms with Crippen LogP contribution in [0.2, 0.25) is 5.02 Å². The number of halogens is 1. The van der Waals surface area contributed by atoms with Crippen LogP contribution in [0, 0.1) is 10.1 Å². The lowest BCUT2D eigenvalue weighted by atomic mass is 10.1. The van der Waals surface area contributed by atoms with E-state index in [1.807, 2.05) is 7.05 Å². The molecule has 2 rings (SSSR count). The lowest BCUT2D eigenvalue weighted by Crippen LogP contribution is -2.35. The van der Waals surface area contributed by atoms with Crippen LogP contribution in [0.5, 0.6) is 0 Å². The number of nitro benzene ring substituents is 1. The normalized spacial score (nSPS) is 16.3. The highest BCUT2D eigenvalue weighted by atomic mass is 35.5. The molecule has 124 valence electrons. The highest BCUT2D eigenvalue weighted by molar-refractivity contribution is 6.32. The Labute approximate surface area is 141 Å². The second-order valence-corrected chi connectivity index (χ2v) is 6.30. The van der Waals surface area contributed by atoms with Gasteiger partial charge in [0.2, 0.25) is 5.91 Å². The van der Waals surface area contributed by atoms with E-state index >= 15 is 0 Å². The van der Waals surface area contributed by atoms with Gasteiger partial charge in [0.05, 0.1) is 4.92 Å². The van der Waals surface area contributed by atoms with Gasteiger partial charge in [-0.15, -0.1) is 0 Å². The highest BCUT2D eigenvalue weighted by Crippen LogP contribution is 2.26. The fourth-order valence-electron chi connectivity index (χ4n) is 2.88. The Bertz CT molecular complexity index is 608. The van der Waals surface area contributed by atoms with Gasteiger partial charge in [-0.25, -0.2) is 0 Å². The van der Waals surface area contributed by atoms with Crippen molar-refractivity contribution < 1.29 is 9.72 Å². The Kier molecular flexibility index (Phi) is 6.16. The number of benzene rings is 1. The molecular formula is C17H21ClN2O3. The molecule has 1 aromatic carbocycles. The summed E-state index contributed by atoms with van der Waals surface area (Å²) in [6.45, 7) is 0. The van der Waals surface area contributed by atoms with E-state index in [9.17, 15) is 14.9 Å². The maximum atomic E-state index is 12.3. The number of rotatable bonds is 4. The third-order valence-electron chi connectivity index (χ3n) is 4.31. The predicted octanol–water partition coefficient (Wildman–Crippen LogP) is 4.44.